The number of amides is 4. The molecule has 4 amide bonds. The van der Waals surface area contributed by atoms with Gasteiger partial charge >= 0.3 is 12.2 Å². The van der Waals surface area contributed by atoms with Gasteiger partial charge in [-0.1, -0.05) is 37.3 Å². The van der Waals surface area contributed by atoms with E-state index in [1.165, 1.54) is 0 Å². The summed E-state index contributed by atoms with van der Waals surface area (Å²) in [5, 5.41) is 15.4. The molecule has 1 saturated heterocycles. The van der Waals surface area contributed by atoms with Crippen molar-refractivity contribution in [1.29, 1.82) is 0 Å². The molecule has 2 atom stereocenters. The fourth-order valence-electron chi connectivity index (χ4n) is 3.45. The molecule has 0 bridgehead atoms. The number of benzene rings is 1. The zero-order chi connectivity index (χ0) is 22.4. The average molecular weight is 432 g/mol. The Hall–Kier alpha value is -3.30. The molecule has 4 N–H and O–H groups in total. The number of nitrogens with zero attached hydrogens (tertiary/aromatic N) is 1. The maximum Gasteiger partial charge on any atom is 0.426 e. The fourth-order valence-corrected chi connectivity index (χ4v) is 3.45. The topological polar surface area (TPSA) is 137 Å². The van der Waals surface area contributed by atoms with Gasteiger partial charge < -0.3 is 20.5 Å². The van der Waals surface area contributed by atoms with Gasteiger partial charge in [-0.05, 0) is 36.7 Å². The van der Waals surface area contributed by atoms with E-state index >= 15 is 0 Å². The molecule has 1 aliphatic heterocycles. The van der Waals surface area contributed by atoms with E-state index in [0.29, 0.717) is 24.4 Å². The van der Waals surface area contributed by atoms with Crippen LogP contribution in [0.1, 0.15) is 38.2 Å². The van der Waals surface area contributed by atoms with Crippen molar-refractivity contribution < 1.29 is 29.0 Å². The smallest absolute Gasteiger partial charge is 0.426 e. The van der Waals surface area contributed by atoms with Gasteiger partial charge in [0.25, 0.3) is 5.91 Å². The lowest BCUT2D eigenvalue weighted by molar-refractivity contribution is -0.129. The number of hydrazine groups is 1. The third-order valence-corrected chi connectivity index (χ3v) is 5.66. The first-order valence-corrected chi connectivity index (χ1v) is 10.3. The Balaban J connectivity index is 1.59. The molecule has 2 unspecified atom stereocenters. The highest BCUT2D eigenvalue weighted by molar-refractivity contribution is 5.87. The van der Waals surface area contributed by atoms with Gasteiger partial charge in [0.2, 0.25) is 5.91 Å². The standard InChI is InChI=1S/C21H28N4O6/c1-21(8-9-21)11-16(23-19(28)31-13-14-5-3-2-4-6-14)18(27)24-25(20(29)30)12-15-7-10-22-17(15)26/h2-6,15-16H,7-13H2,1H3,(H,22,26)(H,23,28)(H,24,27)(H,29,30). The van der Waals surface area contributed by atoms with Gasteiger partial charge in [0.15, 0.2) is 0 Å². The number of carboxylic acid groups (broad SMARTS) is 1. The lowest BCUT2D eigenvalue weighted by Gasteiger charge is -2.26. The highest BCUT2D eigenvalue weighted by Gasteiger charge is 2.42. The molecular weight excluding hydrogens is 404 g/mol. The molecule has 10 nitrogen and oxygen atoms in total. The maximum atomic E-state index is 12.8. The van der Waals surface area contributed by atoms with E-state index in [9.17, 15) is 24.3 Å². The maximum absolute atomic E-state index is 12.8. The van der Waals surface area contributed by atoms with Crippen molar-refractivity contribution in [1.82, 2.24) is 21.1 Å². The van der Waals surface area contributed by atoms with Crippen molar-refractivity contribution in [2.24, 2.45) is 11.3 Å². The summed E-state index contributed by atoms with van der Waals surface area (Å²) in [4.78, 5) is 48.5. The first kappa shape index (κ1) is 22.4. The second-order valence-corrected chi connectivity index (χ2v) is 8.42. The summed E-state index contributed by atoms with van der Waals surface area (Å²) >= 11 is 0. The summed E-state index contributed by atoms with van der Waals surface area (Å²) in [6.07, 6.45) is 0.548. The van der Waals surface area contributed by atoms with Gasteiger partial charge in [0.05, 0.1) is 12.5 Å². The normalized spacial score (nSPS) is 19.6. The Morgan fingerprint density at radius 2 is 2.00 bits per heavy atom. The van der Waals surface area contributed by atoms with Crippen molar-refractivity contribution in [3.63, 3.8) is 0 Å². The predicted octanol–water partition coefficient (Wildman–Crippen LogP) is 1.62. The highest BCUT2D eigenvalue weighted by atomic mass is 16.5. The third-order valence-electron chi connectivity index (χ3n) is 5.66. The second-order valence-electron chi connectivity index (χ2n) is 8.42. The Morgan fingerprint density at radius 3 is 2.58 bits per heavy atom. The first-order valence-electron chi connectivity index (χ1n) is 10.3. The van der Waals surface area contributed by atoms with Gasteiger partial charge in [0.1, 0.15) is 12.6 Å². The van der Waals surface area contributed by atoms with Crippen LogP contribution in [-0.4, -0.2) is 53.2 Å². The van der Waals surface area contributed by atoms with Crippen LogP contribution in [0, 0.1) is 11.3 Å². The van der Waals surface area contributed by atoms with Gasteiger partial charge in [-0.25, -0.2) is 14.6 Å². The summed E-state index contributed by atoms with van der Waals surface area (Å²) in [5.74, 6) is -1.43. The molecule has 1 aromatic rings. The SMILES string of the molecule is CC1(CC(NC(=O)OCc2ccccc2)C(=O)NN(CC2CCNC2=O)C(=O)O)CC1. The molecule has 0 radical (unpaired) electrons. The van der Waals surface area contributed by atoms with Crippen LogP contribution in [0.5, 0.6) is 0 Å². The summed E-state index contributed by atoms with van der Waals surface area (Å²) in [5.41, 5.74) is 3.05. The number of carbonyl (C=O) groups is 4. The van der Waals surface area contributed by atoms with E-state index in [4.69, 9.17) is 4.74 Å². The zero-order valence-electron chi connectivity index (χ0n) is 17.4. The predicted molar refractivity (Wildman–Crippen MR) is 109 cm³/mol. The van der Waals surface area contributed by atoms with Crippen LogP contribution in [-0.2, 0) is 20.9 Å². The quantitative estimate of drug-likeness (QED) is 0.461. The molecule has 31 heavy (non-hydrogen) atoms. The van der Waals surface area contributed by atoms with Crippen LogP contribution in [0.3, 0.4) is 0 Å². The third kappa shape index (κ3) is 6.59. The second kappa shape index (κ2) is 9.67. The molecular formula is C21H28N4O6. The van der Waals surface area contributed by atoms with Crippen molar-refractivity contribution in [3.05, 3.63) is 35.9 Å². The van der Waals surface area contributed by atoms with Gasteiger partial charge in [-0.3, -0.25) is 15.0 Å². The summed E-state index contributed by atoms with van der Waals surface area (Å²) in [6.45, 7) is 2.37. The van der Waals surface area contributed by atoms with E-state index in [0.717, 1.165) is 18.4 Å². The van der Waals surface area contributed by atoms with Crippen LogP contribution >= 0.6 is 0 Å². The van der Waals surface area contributed by atoms with Gasteiger partial charge in [0, 0.05) is 6.54 Å². The molecule has 0 spiro atoms. The molecule has 168 valence electrons. The van der Waals surface area contributed by atoms with Crippen molar-refractivity contribution in [2.75, 3.05) is 13.1 Å². The number of rotatable bonds is 8. The van der Waals surface area contributed by atoms with E-state index < -0.39 is 30.1 Å². The van der Waals surface area contributed by atoms with Crippen LogP contribution < -0.4 is 16.1 Å². The Labute approximate surface area is 180 Å². The average Bonchev–Trinajstić information content (AvgIpc) is 3.33. The number of alkyl carbamates (subject to hydrolysis) is 1. The minimum Gasteiger partial charge on any atom is -0.464 e. The minimum absolute atomic E-state index is 0.0519. The van der Waals surface area contributed by atoms with Gasteiger partial charge in [-0.2, -0.15) is 0 Å². The molecule has 2 fully saturated rings. The van der Waals surface area contributed by atoms with Crippen LogP contribution in [0.15, 0.2) is 30.3 Å². The summed E-state index contributed by atoms with van der Waals surface area (Å²) < 4.78 is 5.20. The van der Waals surface area contributed by atoms with Crippen molar-refractivity contribution in [2.45, 2.75) is 45.3 Å². The molecule has 1 aromatic carbocycles. The Morgan fingerprint density at radius 1 is 1.29 bits per heavy atom. The van der Waals surface area contributed by atoms with E-state index in [-0.39, 0.29) is 24.5 Å². The Kier molecular flexibility index (Phi) is 6.98. The molecule has 3 rings (SSSR count). The molecule has 1 saturated carbocycles. The number of ether oxygens (including phenoxy) is 1. The molecule has 1 aliphatic carbocycles. The van der Waals surface area contributed by atoms with E-state index in [2.05, 4.69) is 16.1 Å². The first-order chi connectivity index (χ1) is 14.8. The minimum atomic E-state index is -1.38. The lowest BCUT2D eigenvalue weighted by Crippen LogP contribution is -2.55. The number of hydrogen-bond donors (Lipinski definition) is 4. The highest BCUT2D eigenvalue weighted by Crippen LogP contribution is 2.48. The number of carbonyl (C=O) groups excluding carboxylic acids is 3. The van der Waals surface area contributed by atoms with Crippen LogP contribution in [0.25, 0.3) is 0 Å². The van der Waals surface area contributed by atoms with E-state index in [1.54, 1.807) is 0 Å². The van der Waals surface area contributed by atoms with Crippen LogP contribution in [0.4, 0.5) is 9.59 Å². The monoisotopic (exact) mass is 432 g/mol. The number of hydrogen-bond acceptors (Lipinski definition) is 5. The van der Waals surface area contributed by atoms with Gasteiger partial charge in [-0.15, -0.1) is 0 Å². The summed E-state index contributed by atoms with van der Waals surface area (Å²) in [7, 11) is 0. The number of nitrogens with one attached hydrogen (secondary N) is 3. The summed E-state index contributed by atoms with van der Waals surface area (Å²) in [6, 6.07) is 8.16. The van der Waals surface area contributed by atoms with Crippen molar-refractivity contribution in [3.8, 4) is 0 Å². The molecule has 1 heterocycles. The molecule has 2 aliphatic rings. The molecule has 10 heteroatoms. The fraction of sp³-hybridized carbons (Fsp3) is 0.524. The molecule has 0 aromatic heterocycles. The Bertz CT molecular complexity index is 826. The van der Waals surface area contributed by atoms with E-state index in [1.807, 2.05) is 37.3 Å². The van der Waals surface area contributed by atoms with Crippen molar-refractivity contribution >= 4 is 24.0 Å². The largest absolute Gasteiger partial charge is 0.464 e. The zero-order valence-corrected chi connectivity index (χ0v) is 17.4. The lowest BCUT2D eigenvalue weighted by atomic mass is 9.99. The van der Waals surface area contributed by atoms with Crippen LogP contribution in [0.2, 0.25) is 0 Å².